The van der Waals surface area contributed by atoms with Crippen LogP contribution in [-0.4, -0.2) is 22.7 Å². The zero-order valence-electron chi connectivity index (χ0n) is 11.3. The predicted octanol–water partition coefficient (Wildman–Crippen LogP) is 3.55. The number of Topliss-reactive ketones (excluding diaryl/α,β-unsaturated/α-hetero) is 1. The van der Waals surface area contributed by atoms with Gasteiger partial charge in [-0.1, -0.05) is 32.0 Å². The molecular formula is C15H20O2S. The SMILES string of the molecule is CC(C)[C@H]1OC(C)(C)C(=O)[C@@H]1Sc1ccccc1. The molecule has 1 aromatic carbocycles. The summed E-state index contributed by atoms with van der Waals surface area (Å²) in [5.74, 6) is 0.548. The number of benzene rings is 1. The molecule has 98 valence electrons. The third-order valence-corrected chi connectivity index (χ3v) is 4.52. The fourth-order valence-electron chi connectivity index (χ4n) is 2.20. The summed E-state index contributed by atoms with van der Waals surface area (Å²) in [7, 11) is 0. The number of hydrogen-bond acceptors (Lipinski definition) is 3. The van der Waals surface area contributed by atoms with Crippen LogP contribution in [0.25, 0.3) is 0 Å². The molecule has 1 fully saturated rings. The summed E-state index contributed by atoms with van der Waals surface area (Å²) in [4.78, 5) is 13.5. The van der Waals surface area contributed by atoms with Gasteiger partial charge in [0.1, 0.15) is 5.60 Å². The zero-order chi connectivity index (χ0) is 13.3. The van der Waals surface area contributed by atoms with Gasteiger partial charge in [-0.2, -0.15) is 0 Å². The Morgan fingerprint density at radius 1 is 1.22 bits per heavy atom. The molecule has 2 atom stereocenters. The van der Waals surface area contributed by atoms with Crippen molar-refractivity contribution in [3.63, 3.8) is 0 Å². The average molecular weight is 264 g/mol. The summed E-state index contributed by atoms with van der Waals surface area (Å²) in [6.07, 6.45) is -0.00212. The number of hydrogen-bond donors (Lipinski definition) is 0. The van der Waals surface area contributed by atoms with E-state index in [0.29, 0.717) is 5.92 Å². The van der Waals surface area contributed by atoms with E-state index in [0.717, 1.165) is 4.90 Å². The highest BCUT2D eigenvalue weighted by molar-refractivity contribution is 8.00. The molecule has 0 N–H and O–H groups in total. The molecular weight excluding hydrogens is 244 g/mol. The molecule has 0 spiro atoms. The monoisotopic (exact) mass is 264 g/mol. The van der Waals surface area contributed by atoms with Gasteiger partial charge in [-0.15, -0.1) is 11.8 Å². The summed E-state index contributed by atoms with van der Waals surface area (Å²) < 4.78 is 5.94. The molecule has 1 aliphatic rings. The van der Waals surface area contributed by atoms with Crippen LogP contribution in [0.2, 0.25) is 0 Å². The molecule has 18 heavy (non-hydrogen) atoms. The molecule has 1 aliphatic heterocycles. The molecule has 0 aromatic heterocycles. The zero-order valence-corrected chi connectivity index (χ0v) is 12.2. The fraction of sp³-hybridized carbons (Fsp3) is 0.533. The second-order valence-electron chi connectivity index (χ2n) is 5.55. The molecule has 0 bridgehead atoms. The van der Waals surface area contributed by atoms with E-state index >= 15 is 0 Å². The van der Waals surface area contributed by atoms with Crippen molar-refractivity contribution >= 4 is 17.5 Å². The second-order valence-corrected chi connectivity index (χ2v) is 6.77. The molecule has 0 aliphatic carbocycles. The van der Waals surface area contributed by atoms with Crippen LogP contribution >= 0.6 is 11.8 Å². The van der Waals surface area contributed by atoms with Gasteiger partial charge in [0.25, 0.3) is 0 Å². The maximum atomic E-state index is 12.4. The number of carbonyl (C=O) groups excluding carboxylic acids is 1. The predicted molar refractivity (Wildman–Crippen MR) is 74.9 cm³/mol. The lowest BCUT2D eigenvalue weighted by atomic mass is 9.99. The maximum Gasteiger partial charge on any atom is 0.179 e. The van der Waals surface area contributed by atoms with E-state index in [2.05, 4.69) is 13.8 Å². The molecule has 0 unspecified atom stereocenters. The Kier molecular flexibility index (Phi) is 3.83. The van der Waals surface area contributed by atoms with Crippen molar-refractivity contribution in [2.24, 2.45) is 5.92 Å². The Morgan fingerprint density at radius 2 is 1.83 bits per heavy atom. The third-order valence-electron chi connectivity index (χ3n) is 3.24. The lowest BCUT2D eigenvalue weighted by Crippen LogP contribution is -2.31. The normalized spacial score (nSPS) is 26.8. The van der Waals surface area contributed by atoms with Gasteiger partial charge >= 0.3 is 0 Å². The van der Waals surface area contributed by atoms with Crippen LogP contribution in [0.5, 0.6) is 0 Å². The number of rotatable bonds is 3. The van der Waals surface area contributed by atoms with Crippen molar-refractivity contribution in [1.29, 1.82) is 0 Å². The highest BCUT2D eigenvalue weighted by Gasteiger charge is 2.49. The summed E-state index contributed by atoms with van der Waals surface area (Å²) in [5.41, 5.74) is -0.651. The lowest BCUT2D eigenvalue weighted by molar-refractivity contribution is -0.130. The van der Waals surface area contributed by atoms with E-state index in [4.69, 9.17) is 4.74 Å². The number of ketones is 1. The molecule has 0 saturated carbocycles. The molecule has 1 heterocycles. The second kappa shape index (κ2) is 5.06. The van der Waals surface area contributed by atoms with Crippen LogP contribution in [0.4, 0.5) is 0 Å². The van der Waals surface area contributed by atoms with E-state index in [-0.39, 0.29) is 17.1 Å². The van der Waals surface area contributed by atoms with Crippen molar-refractivity contribution in [2.45, 2.75) is 49.5 Å². The highest BCUT2D eigenvalue weighted by Crippen LogP contribution is 2.40. The minimum atomic E-state index is -0.651. The number of carbonyl (C=O) groups is 1. The summed E-state index contributed by atoms with van der Waals surface area (Å²) in [6.45, 7) is 7.96. The van der Waals surface area contributed by atoms with Crippen molar-refractivity contribution in [3.8, 4) is 0 Å². The van der Waals surface area contributed by atoms with Crippen LogP contribution in [0, 0.1) is 5.92 Å². The van der Waals surface area contributed by atoms with Crippen molar-refractivity contribution in [3.05, 3.63) is 30.3 Å². The van der Waals surface area contributed by atoms with Crippen LogP contribution < -0.4 is 0 Å². The summed E-state index contributed by atoms with van der Waals surface area (Å²) in [6, 6.07) is 10.1. The van der Waals surface area contributed by atoms with Gasteiger partial charge in [-0.05, 0) is 31.9 Å². The van der Waals surface area contributed by atoms with Gasteiger partial charge in [-0.25, -0.2) is 0 Å². The van der Waals surface area contributed by atoms with E-state index < -0.39 is 5.60 Å². The van der Waals surface area contributed by atoms with E-state index in [1.807, 2.05) is 44.2 Å². The van der Waals surface area contributed by atoms with Crippen LogP contribution in [0.3, 0.4) is 0 Å². The van der Waals surface area contributed by atoms with Crippen molar-refractivity contribution < 1.29 is 9.53 Å². The minimum absolute atomic E-state index is 0.00212. The van der Waals surface area contributed by atoms with E-state index in [1.165, 1.54) is 0 Å². The van der Waals surface area contributed by atoms with E-state index in [1.54, 1.807) is 11.8 Å². The Morgan fingerprint density at radius 3 is 2.39 bits per heavy atom. The maximum absolute atomic E-state index is 12.4. The Balaban J connectivity index is 2.21. The molecule has 0 radical (unpaired) electrons. The van der Waals surface area contributed by atoms with Gasteiger partial charge in [0.15, 0.2) is 5.78 Å². The van der Waals surface area contributed by atoms with Crippen molar-refractivity contribution in [1.82, 2.24) is 0 Å². The Hall–Kier alpha value is -0.800. The van der Waals surface area contributed by atoms with Crippen molar-refractivity contribution in [2.75, 3.05) is 0 Å². The molecule has 2 nitrogen and oxygen atoms in total. The Labute approximate surface area is 113 Å². The third kappa shape index (κ3) is 2.62. The van der Waals surface area contributed by atoms with Gasteiger partial charge in [0.05, 0.1) is 11.4 Å². The van der Waals surface area contributed by atoms with E-state index in [9.17, 15) is 4.79 Å². The van der Waals surface area contributed by atoms with Gasteiger partial charge in [0, 0.05) is 4.90 Å². The topological polar surface area (TPSA) is 26.3 Å². The Bertz CT molecular complexity index is 425. The molecule has 1 aromatic rings. The van der Waals surface area contributed by atoms with Gasteiger partial charge in [0.2, 0.25) is 0 Å². The smallest absolute Gasteiger partial charge is 0.179 e. The average Bonchev–Trinajstić information content (AvgIpc) is 2.54. The first-order valence-corrected chi connectivity index (χ1v) is 7.23. The fourth-order valence-corrected chi connectivity index (χ4v) is 3.71. The summed E-state index contributed by atoms with van der Waals surface area (Å²) in [5, 5.41) is -0.0950. The largest absolute Gasteiger partial charge is 0.363 e. The van der Waals surface area contributed by atoms with Crippen LogP contribution in [0.1, 0.15) is 27.7 Å². The summed E-state index contributed by atoms with van der Waals surface area (Å²) >= 11 is 1.62. The number of thioether (sulfide) groups is 1. The molecule has 0 amide bonds. The quantitative estimate of drug-likeness (QED) is 0.835. The van der Waals surface area contributed by atoms with Crippen LogP contribution in [0.15, 0.2) is 35.2 Å². The lowest BCUT2D eigenvalue weighted by Gasteiger charge is -2.21. The number of ether oxygens (including phenoxy) is 1. The minimum Gasteiger partial charge on any atom is -0.363 e. The standard InChI is InChI=1S/C15H20O2S/c1-10(2)12-13(14(16)15(3,4)17-12)18-11-8-6-5-7-9-11/h5-10,12-13H,1-4H3/t12-,13-/m1/s1. The first-order valence-electron chi connectivity index (χ1n) is 6.35. The van der Waals surface area contributed by atoms with Gasteiger partial charge in [-0.3, -0.25) is 4.79 Å². The first-order chi connectivity index (χ1) is 8.42. The van der Waals surface area contributed by atoms with Crippen LogP contribution in [-0.2, 0) is 9.53 Å². The van der Waals surface area contributed by atoms with Gasteiger partial charge < -0.3 is 4.74 Å². The molecule has 2 rings (SSSR count). The first kappa shape index (κ1) is 13.6. The highest BCUT2D eigenvalue weighted by atomic mass is 32.2. The molecule has 1 saturated heterocycles. The molecule has 3 heteroatoms.